The third-order valence-electron chi connectivity index (χ3n) is 2.00. The summed E-state index contributed by atoms with van der Waals surface area (Å²) >= 11 is 0. The molecule has 1 rings (SSSR count). The minimum Gasteiger partial charge on any atom is -0.446 e. The van der Waals surface area contributed by atoms with Crippen LogP contribution in [0.2, 0.25) is 0 Å². The molecule has 0 aliphatic rings. The number of anilines is 1. The van der Waals surface area contributed by atoms with E-state index in [-0.39, 0.29) is 0 Å². The van der Waals surface area contributed by atoms with Crippen molar-refractivity contribution in [2.45, 2.75) is 26.5 Å². The predicted octanol–water partition coefficient (Wildman–Crippen LogP) is 0.937. The van der Waals surface area contributed by atoms with Crippen molar-refractivity contribution in [2.24, 2.45) is 5.73 Å². The first-order chi connectivity index (χ1) is 8.82. The maximum absolute atomic E-state index is 11.6. The zero-order chi connectivity index (χ0) is 14.5. The Morgan fingerprint density at radius 1 is 1.32 bits per heavy atom. The van der Waals surface area contributed by atoms with Gasteiger partial charge in [0.1, 0.15) is 0 Å². The lowest BCUT2D eigenvalue weighted by Crippen LogP contribution is -2.36. The van der Waals surface area contributed by atoms with Crippen molar-refractivity contribution < 1.29 is 17.9 Å². The SMILES string of the molecule is CC(C)OC(=O)NS(=O)(=O)Nc1ccc(CN)cc1. The molecule has 106 valence electrons. The molecule has 8 heteroatoms. The average molecular weight is 287 g/mol. The highest BCUT2D eigenvalue weighted by Crippen LogP contribution is 2.10. The van der Waals surface area contributed by atoms with Crippen molar-refractivity contribution >= 4 is 22.0 Å². The monoisotopic (exact) mass is 287 g/mol. The molecule has 4 N–H and O–H groups in total. The van der Waals surface area contributed by atoms with Gasteiger partial charge in [-0.05, 0) is 31.5 Å². The fraction of sp³-hybridized carbons (Fsp3) is 0.364. The molecule has 0 aromatic heterocycles. The van der Waals surface area contributed by atoms with Gasteiger partial charge in [-0.2, -0.15) is 8.42 Å². The molecule has 0 atom stereocenters. The van der Waals surface area contributed by atoms with Crippen LogP contribution >= 0.6 is 0 Å². The maximum Gasteiger partial charge on any atom is 0.422 e. The van der Waals surface area contributed by atoms with Gasteiger partial charge in [-0.3, -0.25) is 4.72 Å². The van der Waals surface area contributed by atoms with Crippen molar-refractivity contribution in [3.8, 4) is 0 Å². The van der Waals surface area contributed by atoms with E-state index in [0.717, 1.165) is 5.56 Å². The highest BCUT2D eigenvalue weighted by Gasteiger charge is 2.16. The summed E-state index contributed by atoms with van der Waals surface area (Å²) in [6.07, 6.45) is -1.43. The summed E-state index contributed by atoms with van der Waals surface area (Å²) in [7, 11) is -4.00. The van der Waals surface area contributed by atoms with E-state index in [1.807, 2.05) is 0 Å². The van der Waals surface area contributed by atoms with Gasteiger partial charge in [-0.25, -0.2) is 9.52 Å². The number of hydrogen-bond acceptors (Lipinski definition) is 5. The second-order valence-corrected chi connectivity index (χ2v) is 5.48. The summed E-state index contributed by atoms with van der Waals surface area (Å²) in [6, 6.07) is 6.47. The molecule has 0 radical (unpaired) electrons. The Labute approximate surface area is 112 Å². The van der Waals surface area contributed by atoms with Crippen LogP contribution in [0, 0.1) is 0 Å². The second-order valence-electron chi connectivity index (χ2n) is 4.06. The lowest BCUT2D eigenvalue weighted by Gasteiger charge is -2.11. The van der Waals surface area contributed by atoms with Gasteiger partial charge in [0.05, 0.1) is 11.8 Å². The number of nitrogens with two attached hydrogens (primary N) is 1. The minimum absolute atomic E-state index is 0.321. The van der Waals surface area contributed by atoms with Gasteiger partial charge >= 0.3 is 16.3 Å². The standard InChI is InChI=1S/C11H17N3O4S/c1-8(2)18-11(15)14-19(16,17)13-10-5-3-9(7-12)4-6-10/h3-6,8,13H,7,12H2,1-2H3,(H,14,15). The van der Waals surface area contributed by atoms with E-state index in [1.54, 1.807) is 42.8 Å². The number of hydrogen-bond donors (Lipinski definition) is 3. The molecule has 1 amide bonds. The number of amides is 1. The Morgan fingerprint density at radius 2 is 1.89 bits per heavy atom. The van der Waals surface area contributed by atoms with Crippen LogP contribution in [0.4, 0.5) is 10.5 Å². The lowest BCUT2D eigenvalue weighted by molar-refractivity contribution is 0.121. The summed E-state index contributed by atoms with van der Waals surface area (Å²) in [5.74, 6) is 0. The molecule has 0 spiro atoms. The molecule has 7 nitrogen and oxygen atoms in total. The largest absolute Gasteiger partial charge is 0.446 e. The van der Waals surface area contributed by atoms with Gasteiger partial charge in [0, 0.05) is 6.54 Å². The normalized spacial score (nSPS) is 11.2. The van der Waals surface area contributed by atoms with Crippen molar-refractivity contribution in [1.29, 1.82) is 0 Å². The molecule has 0 aliphatic heterocycles. The molecule has 0 saturated carbocycles. The summed E-state index contributed by atoms with van der Waals surface area (Å²) in [5, 5.41) is 0. The fourth-order valence-corrected chi connectivity index (χ4v) is 2.00. The molecule has 1 aromatic carbocycles. The fourth-order valence-electron chi connectivity index (χ4n) is 1.24. The van der Waals surface area contributed by atoms with Crippen molar-refractivity contribution in [2.75, 3.05) is 4.72 Å². The summed E-state index contributed by atoms with van der Waals surface area (Å²) < 4.78 is 31.8. The third-order valence-corrected chi connectivity index (χ3v) is 2.94. The lowest BCUT2D eigenvalue weighted by atomic mass is 10.2. The molecule has 1 aromatic rings. The highest BCUT2D eigenvalue weighted by molar-refractivity contribution is 7.91. The summed E-state index contributed by atoms with van der Waals surface area (Å²) in [5.41, 5.74) is 6.62. The van der Waals surface area contributed by atoms with Gasteiger partial charge in [0.25, 0.3) is 0 Å². The first-order valence-corrected chi connectivity index (χ1v) is 7.11. The van der Waals surface area contributed by atoms with Crippen LogP contribution < -0.4 is 15.2 Å². The van der Waals surface area contributed by atoms with E-state index in [1.165, 1.54) is 0 Å². The Bertz CT molecular complexity index is 525. The topological polar surface area (TPSA) is 111 Å². The van der Waals surface area contributed by atoms with Crippen molar-refractivity contribution in [3.05, 3.63) is 29.8 Å². The Hall–Kier alpha value is -1.80. The third kappa shape index (κ3) is 5.58. The van der Waals surface area contributed by atoms with E-state index in [2.05, 4.69) is 9.46 Å². The van der Waals surface area contributed by atoms with Gasteiger partial charge in [0.15, 0.2) is 0 Å². The van der Waals surface area contributed by atoms with Crippen LogP contribution in [0.1, 0.15) is 19.4 Å². The Morgan fingerprint density at radius 3 is 2.37 bits per heavy atom. The predicted molar refractivity (Wildman–Crippen MR) is 71.6 cm³/mol. The van der Waals surface area contributed by atoms with Gasteiger partial charge in [0.2, 0.25) is 0 Å². The molecular formula is C11H17N3O4S. The molecule has 19 heavy (non-hydrogen) atoms. The molecule has 0 fully saturated rings. The second kappa shape index (κ2) is 6.39. The van der Waals surface area contributed by atoms with Crippen molar-refractivity contribution in [3.63, 3.8) is 0 Å². The van der Waals surface area contributed by atoms with Crippen LogP contribution in [0.5, 0.6) is 0 Å². The van der Waals surface area contributed by atoms with E-state index >= 15 is 0 Å². The summed E-state index contributed by atoms with van der Waals surface area (Å²) in [4.78, 5) is 11.2. The highest BCUT2D eigenvalue weighted by atomic mass is 32.2. The molecule has 0 saturated heterocycles. The number of rotatable bonds is 5. The summed E-state index contributed by atoms with van der Waals surface area (Å²) in [6.45, 7) is 3.60. The van der Waals surface area contributed by atoms with E-state index in [9.17, 15) is 13.2 Å². The van der Waals surface area contributed by atoms with Crippen LogP contribution in [0.3, 0.4) is 0 Å². The quantitative estimate of drug-likeness (QED) is 0.746. The Kier molecular flexibility index (Phi) is 5.13. The van der Waals surface area contributed by atoms with Gasteiger partial charge in [-0.1, -0.05) is 12.1 Å². The number of benzene rings is 1. The zero-order valence-corrected chi connectivity index (χ0v) is 11.5. The minimum atomic E-state index is -4.00. The Balaban J connectivity index is 2.65. The first kappa shape index (κ1) is 15.3. The molecule has 0 heterocycles. The van der Waals surface area contributed by atoms with E-state index < -0.39 is 22.4 Å². The first-order valence-electron chi connectivity index (χ1n) is 5.62. The zero-order valence-electron chi connectivity index (χ0n) is 10.7. The van der Waals surface area contributed by atoms with Crippen molar-refractivity contribution in [1.82, 2.24) is 4.72 Å². The molecule has 0 aliphatic carbocycles. The molecule has 0 unspecified atom stereocenters. The van der Waals surface area contributed by atoms with E-state index in [0.29, 0.717) is 12.2 Å². The van der Waals surface area contributed by atoms with Crippen LogP contribution in [-0.4, -0.2) is 20.6 Å². The number of nitrogens with one attached hydrogen (secondary N) is 2. The van der Waals surface area contributed by atoms with Crippen LogP contribution in [0.25, 0.3) is 0 Å². The van der Waals surface area contributed by atoms with Crippen LogP contribution in [0.15, 0.2) is 24.3 Å². The van der Waals surface area contributed by atoms with Gasteiger partial charge in [-0.15, -0.1) is 0 Å². The number of carbonyl (C=O) groups is 1. The molecular weight excluding hydrogens is 270 g/mol. The van der Waals surface area contributed by atoms with E-state index in [4.69, 9.17) is 5.73 Å². The number of carbonyl (C=O) groups excluding carboxylic acids is 1. The number of ether oxygens (including phenoxy) is 1. The van der Waals surface area contributed by atoms with Gasteiger partial charge < -0.3 is 10.5 Å². The van der Waals surface area contributed by atoms with Crippen LogP contribution in [-0.2, 0) is 21.5 Å². The maximum atomic E-state index is 11.6. The molecule has 0 bridgehead atoms. The average Bonchev–Trinajstić information content (AvgIpc) is 2.27. The smallest absolute Gasteiger partial charge is 0.422 e.